The second-order valence-corrected chi connectivity index (χ2v) is 0. The maximum atomic E-state index is 0. The van der Waals surface area contributed by atoms with Gasteiger partial charge in [0.15, 0.2) is 0 Å². The van der Waals surface area contributed by atoms with E-state index >= 15 is 0 Å². The maximum absolute atomic E-state index is 0. The van der Waals surface area contributed by atoms with Gasteiger partial charge in [0, 0.05) is 62.2 Å². The molecule has 0 amide bonds. The van der Waals surface area contributed by atoms with Crippen LogP contribution in [0.2, 0.25) is 0 Å². The standard InChI is InChI=1S/2Al.9O.2U/q2*+3;9*-2;;. The molecule has 13 heavy (non-hydrogen) atoms. The Bertz CT molecular complexity index is 15.6. The Balaban J connectivity index is 0. The van der Waals surface area contributed by atoms with E-state index in [4.69, 9.17) is 0 Å². The molecule has 0 heterocycles. The minimum atomic E-state index is 0. The fourth-order valence-corrected chi connectivity index (χ4v) is 0. The predicted octanol–water partition coefficient (Wildman–Crippen LogP) is -1.83. The molecular formula is Al2O9U2-12. The molecule has 80 valence electrons. The summed E-state index contributed by atoms with van der Waals surface area (Å²) in [5.41, 5.74) is 0. The summed E-state index contributed by atoms with van der Waals surface area (Å²) in [6.45, 7) is 0. The molecule has 0 fully saturated rings. The van der Waals surface area contributed by atoms with Gasteiger partial charge in [0.1, 0.15) is 0 Å². The molecule has 0 aliphatic heterocycles. The molecule has 0 aromatic heterocycles. The Morgan fingerprint density at radius 2 is 0.231 bits per heavy atom. The zero-order chi connectivity index (χ0) is 0. The molecule has 0 radical (unpaired) electrons. The van der Waals surface area contributed by atoms with Crippen molar-refractivity contribution in [2.45, 2.75) is 0 Å². The summed E-state index contributed by atoms with van der Waals surface area (Å²) in [6, 6.07) is 0. The van der Waals surface area contributed by atoms with Crippen LogP contribution < -0.4 is 0 Å². The van der Waals surface area contributed by atoms with E-state index < -0.39 is 0 Å². The van der Waals surface area contributed by atoms with Gasteiger partial charge in [-0.25, -0.2) is 0 Å². The van der Waals surface area contributed by atoms with Gasteiger partial charge in [0.05, 0.1) is 0 Å². The first-order valence-corrected chi connectivity index (χ1v) is 0. The third kappa shape index (κ3) is 308. The monoisotopic (exact) mass is 674 g/mol. The van der Waals surface area contributed by atoms with Gasteiger partial charge in [-0.2, -0.15) is 0 Å². The van der Waals surface area contributed by atoms with Gasteiger partial charge in [-0.15, -0.1) is 0 Å². The molecule has 0 spiro atoms. The van der Waals surface area contributed by atoms with Crippen molar-refractivity contribution in [3.8, 4) is 0 Å². The second kappa shape index (κ2) is 358. The minimum Gasteiger partial charge on any atom is -2.00 e. The van der Waals surface area contributed by atoms with Crippen LogP contribution in [0.25, 0.3) is 0 Å². The van der Waals surface area contributed by atoms with E-state index in [9.17, 15) is 0 Å². The normalized spacial score (nSPS) is 0. The third-order valence-corrected chi connectivity index (χ3v) is 0. The van der Waals surface area contributed by atoms with Crippen LogP contribution in [0.1, 0.15) is 0 Å². The first kappa shape index (κ1) is 439. The molecule has 0 saturated carbocycles. The van der Waals surface area contributed by atoms with Crippen molar-refractivity contribution in [3.63, 3.8) is 0 Å². The van der Waals surface area contributed by atoms with Gasteiger partial charge in [-0.05, 0) is 0 Å². The van der Waals surface area contributed by atoms with Crippen LogP contribution in [-0.2, 0) is 49.3 Å². The van der Waals surface area contributed by atoms with E-state index in [1.54, 1.807) is 0 Å². The first-order chi connectivity index (χ1) is 0. The van der Waals surface area contributed by atoms with E-state index in [1.165, 1.54) is 0 Å². The Kier molecular flexibility index (Phi) is 12100. The van der Waals surface area contributed by atoms with Gasteiger partial charge in [0.2, 0.25) is 0 Å². The second-order valence-electron chi connectivity index (χ2n) is 0. The van der Waals surface area contributed by atoms with Gasteiger partial charge >= 0.3 is 34.7 Å². The fraction of sp³-hybridized carbons (Fsp3) is 0. The molecule has 0 N–H and O–H groups in total. The average molecular weight is 674 g/mol. The average Bonchev–Trinajstić information content (AvgIpc) is 0. The number of hydrogen-bond donors (Lipinski definition) is 0. The molecule has 0 atom stereocenters. The SMILES string of the molecule is [Al+3].[Al+3].[O-2].[O-2].[O-2].[O-2].[O-2].[O-2].[O-2].[O-2].[O-2].[U].[U]. The van der Waals surface area contributed by atoms with Crippen LogP contribution in [0.15, 0.2) is 0 Å². The first-order valence-electron chi connectivity index (χ1n) is 0. The molecule has 13 heteroatoms. The van der Waals surface area contributed by atoms with Crippen molar-refractivity contribution < 1.29 is 112 Å². The van der Waals surface area contributed by atoms with Gasteiger partial charge in [0.25, 0.3) is 0 Å². The van der Waals surface area contributed by atoms with Gasteiger partial charge in [-0.3, -0.25) is 0 Å². The van der Waals surface area contributed by atoms with E-state index in [0.29, 0.717) is 0 Å². The third-order valence-electron chi connectivity index (χ3n) is 0. The van der Waals surface area contributed by atoms with E-state index in [1.807, 2.05) is 0 Å². The minimum absolute atomic E-state index is 0. The number of rotatable bonds is 0. The van der Waals surface area contributed by atoms with Crippen LogP contribution >= 0.6 is 0 Å². The summed E-state index contributed by atoms with van der Waals surface area (Å²) in [4.78, 5) is 0. The summed E-state index contributed by atoms with van der Waals surface area (Å²) < 4.78 is 0. The van der Waals surface area contributed by atoms with Crippen LogP contribution in [0.4, 0.5) is 0 Å². The van der Waals surface area contributed by atoms with Gasteiger partial charge < -0.3 is 49.3 Å². The Morgan fingerprint density at radius 3 is 0.231 bits per heavy atom. The molecule has 0 aliphatic rings. The van der Waals surface area contributed by atoms with Crippen molar-refractivity contribution in [1.29, 1.82) is 0 Å². The molecule has 9 nitrogen and oxygen atoms in total. The Labute approximate surface area is 144 Å². The molecule has 0 rings (SSSR count). The van der Waals surface area contributed by atoms with Crippen LogP contribution in [0.3, 0.4) is 0 Å². The number of hydrogen-bond acceptors (Lipinski definition) is 0. The summed E-state index contributed by atoms with van der Waals surface area (Å²) in [6.07, 6.45) is 0. The van der Waals surface area contributed by atoms with Crippen LogP contribution in [-0.4, -0.2) is 34.7 Å². The van der Waals surface area contributed by atoms with E-state index in [-0.39, 0.29) is 146 Å². The van der Waals surface area contributed by atoms with Crippen molar-refractivity contribution in [2.24, 2.45) is 0 Å². The summed E-state index contributed by atoms with van der Waals surface area (Å²) in [7, 11) is 0. The largest absolute Gasteiger partial charge is 3.00 e. The van der Waals surface area contributed by atoms with E-state index in [0.717, 1.165) is 0 Å². The Hall–Kier alpha value is 2.81. The molecular weight excluding hydrogens is 674 g/mol. The Morgan fingerprint density at radius 1 is 0.231 bits per heavy atom. The smallest absolute Gasteiger partial charge is 2.00 e. The van der Waals surface area contributed by atoms with Crippen LogP contribution in [0.5, 0.6) is 0 Å². The van der Waals surface area contributed by atoms with Crippen LogP contribution in [0, 0.1) is 62.2 Å². The van der Waals surface area contributed by atoms with Crippen molar-refractivity contribution >= 4 is 34.7 Å². The molecule has 0 saturated heterocycles. The fourth-order valence-electron chi connectivity index (χ4n) is 0. The van der Waals surface area contributed by atoms with Crippen molar-refractivity contribution in [3.05, 3.63) is 0 Å². The quantitative estimate of drug-likeness (QED) is 0.257. The van der Waals surface area contributed by atoms with Crippen molar-refractivity contribution in [2.75, 3.05) is 0 Å². The summed E-state index contributed by atoms with van der Waals surface area (Å²) in [5, 5.41) is 0. The summed E-state index contributed by atoms with van der Waals surface area (Å²) >= 11 is 0. The molecule has 0 unspecified atom stereocenters. The molecule has 0 aromatic rings. The maximum Gasteiger partial charge on any atom is 3.00 e. The van der Waals surface area contributed by atoms with E-state index in [2.05, 4.69) is 0 Å². The predicted molar refractivity (Wildman–Crippen MR) is 17.7 cm³/mol. The van der Waals surface area contributed by atoms with Gasteiger partial charge in [-0.1, -0.05) is 0 Å². The zero-order valence-corrected chi connectivity index (χ0v) is 16.5. The zero-order valence-electron chi connectivity index (χ0n) is 5.83. The molecule has 0 aliphatic carbocycles. The van der Waals surface area contributed by atoms with Crippen molar-refractivity contribution in [1.82, 2.24) is 0 Å². The molecule has 0 bridgehead atoms. The topological polar surface area (TPSA) is 256 Å². The molecule has 0 aromatic carbocycles. The summed E-state index contributed by atoms with van der Waals surface area (Å²) in [5.74, 6) is 0.